The summed E-state index contributed by atoms with van der Waals surface area (Å²) in [5.41, 5.74) is 4.15. The van der Waals surface area contributed by atoms with Crippen molar-refractivity contribution < 1.29 is 0 Å². The van der Waals surface area contributed by atoms with E-state index >= 15 is 0 Å². The number of alkyl halides is 1. The third-order valence-electron chi connectivity index (χ3n) is 4.34. The first-order valence-electron chi connectivity index (χ1n) is 7.35. The van der Waals surface area contributed by atoms with Gasteiger partial charge in [-0.25, -0.2) is 0 Å². The van der Waals surface area contributed by atoms with Crippen molar-refractivity contribution in [3.05, 3.63) is 34.9 Å². The molecule has 1 saturated carbocycles. The van der Waals surface area contributed by atoms with E-state index in [1.165, 1.54) is 55.2 Å². The fourth-order valence-corrected chi connectivity index (χ4v) is 3.48. The predicted molar refractivity (Wildman–Crippen MR) is 80.5 cm³/mol. The molecule has 0 N–H and O–H groups in total. The Labute approximate surface area is 117 Å². The molecule has 1 fully saturated rings. The van der Waals surface area contributed by atoms with Crippen LogP contribution in [0.2, 0.25) is 0 Å². The highest BCUT2D eigenvalue weighted by atomic mass is 35.5. The van der Waals surface area contributed by atoms with E-state index < -0.39 is 0 Å². The van der Waals surface area contributed by atoms with Gasteiger partial charge in [-0.1, -0.05) is 50.3 Å². The van der Waals surface area contributed by atoms with Gasteiger partial charge in [-0.2, -0.15) is 0 Å². The van der Waals surface area contributed by atoms with Gasteiger partial charge in [0.25, 0.3) is 0 Å². The highest BCUT2D eigenvalue weighted by Crippen LogP contribution is 2.29. The molecule has 1 aliphatic carbocycles. The number of aryl methyl sites for hydroxylation is 2. The Morgan fingerprint density at radius 3 is 2.50 bits per heavy atom. The summed E-state index contributed by atoms with van der Waals surface area (Å²) in [7, 11) is 0. The fraction of sp³-hybridized carbons (Fsp3) is 0.647. The minimum absolute atomic E-state index is 0.315. The Morgan fingerprint density at radius 2 is 1.83 bits per heavy atom. The Bertz CT molecular complexity index is 377. The monoisotopic (exact) mass is 264 g/mol. The molecule has 0 bridgehead atoms. The average Bonchev–Trinajstić information content (AvgIpc) is 2.35. The molecule has 0 amide bonds. The molecule has 1 atom stereocenters. The maximum Gasteiger partial charge on any atom is 0.0379 e. The number of hydrogen-bond donors (Lipinski definition) is 0. The summed E-state index contributed by atoms with van der Waals surface area (Å²) in [6.45, 7) is 4.35. The summed E-state index contributed by atoms with van der Waals surface area (Å²) < 4.78 is 0. The largest absolute Gasteiger partial charge is 0.123 e. The topological polar surface area (TPSA) is 0 Å². The predicted octanol–water partition coefficient (Wildman–Crippen LogP) is 5.42. The van der Waals surface area contributed by atoms with Gasteiger partial charge in [-0.15, -0.1) is 11.6 Å². The van der Waals surface area contributed by atoms with Crippen molar-refractivity contribution in [1.82, 2.24) is 0 Å². The second-order valence-corrected chi connectivity index (χ2v) is 6.58. The lowest BCUT2D eigenvalue weighted by Crippen LogP contribution is -2.14. The summed E-state index contributed by atoms with van der Waals surface area (Å²) in [5, 5.41) is 0.315. The number of rotatable bonds is 4. The van der Waals surface area contributed by atoms with Crippen LogP contribution < -0.4 is 0 Å². The SMILES string of the molecule is Cc1ccc(CC(Cl)CC2CCCCC2)cc1C. The van der Waals surface area contributed by atoms with Gasteiger partial charge in [0.15, 0.2) is 0 Å². The first kappa shape index (κ1) is 13.9. The Kier molecular flexibility index (Phi) is 5.12. The molecular weight excluding hydrogens is 240 g/mol. The number of halogens is 1. The van der Waals surface area contributed by atoms with Crippen LogP contribution in [-0.2, 0) is 6.42 Å². The molecule has 0 radical (unpaired) electrons. The molecule has 100 valence electrons. The molecule has 0 saturated heterocycles. The molecule has 1 aromatic carbocycles. The van der Waals surface area contributed by atoms with Gasteiger partial charge >= 0.3 is 0 Å². The molecule has 1 aromatic rings. The molecule has 1 aliphatic rings. The molecule has 2 rings (SSSR count). The first-order chi connectivity index (χ1) is 8.65. The van der Waals surface area contributed by atoms with Crippen molar-refractivity contribution in [1.29, 1.82) is 0 Å². The van der Waals surface area contributed by atoms with Gasteiger partial charge in [0, 0.05) is 5.38 Å². The molecule has 0 spiro atoms. The second-order valence-electron chi connectivity index (χ2n) is 5.96. The van der Waals surface area contributed by atoms with Crippen LogP contribution in [0.4, 0.5) is 0 Å². The van der Waals surface area contributed by atoms with Crippen LogP contribution in [-0.4, -0.2) is 5.38 Å². The van der Waals surface area contributed by atoms with E-state index in [4.69, 9.17) is 11.6 Å². The minimum atomic E-state index is 0.315. The van der Waals surface area contributed by atoms with Crippen LogP contribution in [0.25, 0.3) is 0 Å². The van der Waals surface area contributed by atoms with Crippen molar-refractivity contribution in [2.24, 2.45) is 5.92 Å². The molecule has 1 unspecified atom stereocenters. The van der Waals surface area contributed by atoms with Crippen molar-refractivity contribution in [2.45, 2.75) is 64.2 Å². The maximum atomic E-state index is 6.54. The smallest absolute Gasteiger partial charge is 0.0379 e. The normalized spacial score (nSPS) is 18.8. The highest BCUT2D eigenvalue weighted by Gasteiger charge is 2.17. The van der Waals surface area contributed by atoms with Crippen LogP contribution >= 0.6 is 11.6 Å². The zero-order valence-corrected chi connectivity index (χ0v) is 12.5. The lowest BCUT2D eigenvalue weighted by molar-refractivity contribution is 0.334. The molecule has 1 heteroatoms. The number of hydrogen-bond acceptors (Lipinski definition) is 0. The van der Waals surface area contributed by atoms with E-state index in [0.717, 1.165) is 12.3 Å². The summed E-state index contributed by atoms with van der Waals surface area (Å²) in [5.74, 6) is 0.882. The molecule has 0 heterocycles. The minimum Gasteiger partial charge on any atom is -0.123 e. The third-order valence-corrected chi connectivity index (χ3v) is 4.67. The Hall–Kier alpha value is -0.490. The van der Waals surface area contributed by atoms with Gasteiger partial charge in [-0.05, 0) is 49.3 Å². The molecular formula is C17H25Cl. The zero-order valence-electron chi connectivity index (χ0n) is 11.7. The van der Waals surface area contributed by atoms with Crippen LogP contribution in [0.15, 0.2) is 18.2 Å². The number of benzene rings is 1. The second kappa shape index (κ2) is 6.61. The van der Waals surface area contributed by atoms with Gasteiger partial charge in [-0.3, -0.25) is 0 Å². The molecule has 0 aromatic heterocycles. The average molecular weight is 265 g/mol. The van der Waals surface area contributed by atoms with Crippen LogP contribution in [0.5, 0.6) is 0 Å². The van der Waals surface area contributed by atoms with E-state index in [9.17, 15) is 0 Å². The maximum absolute atomic E-state index is 6.54. The summed E-state index contributed by atoms with van der Waals surface area (Å²) in [6.07, 6.45) is 9.29. The zero-order chi connectivity index (χ0) is 13.0. The molecule has 18 heavy (non-hydrogen) atoms. The van der Waals surface area contributed by atoms with Gasteiger partial charge < -0.3 is 0 Å². The van der Waals surface area contributed by atoms with E-state index in [1.807, 2.05) is 0 Å². The molecule has 0 aliphatic heterocycles. The quantitative estimate of drug-likeness (QED) is 0.637. The van der Waals surface area contributed by atoms with E-state index in [-0.39, 0.29) is 0 Å². The van der Waals surface area contributed by atoms with Crippen LogP contribution in [0.1, 0.15) is 55.2 Å². The van der Waals surface area contributed by atoms with Crippen molar-refractivity contribution in [2.75, 3.05) is 0 Å². The first-order valence-corrected chi connectivity index (χ1v) is 7.79. The van der Waals surface area contributed by atoms with Gasteiger partial charge in [0.2, 0.25) is 0 Å². The summed E-state index contributed by atoms with van der Waals surface area (Å²) >= 11 is 6.54. The fourth-order valence-electron chi connectivity index (χ4n) is 3.05. The Balaban J connectivity index is 1.85. The van der Waals surface area contributed by atoms with Crippen molar-refractivity contribution >= 4 is 11.6 Å². The van der Waals surface area contributed by atoms with Crippen molar-refractivity contribution in [3.8, 4) is 0 Å². The highest BCUT2D eigenvalue weighted by molar-refractivity contribution is 6.20. The van der Waals surface area contributed by atoms with Crippen LogP contribution in [0, 0.1) is 19.8 Å². The Morgan fingerprint density at radius 1 is 1.11 bits per heavy atom. The summed E-state index contributed by atoms with van der Waals surface area (Å²) in [4.78, 5) is 0. The van der Waals surface area contributed by atoms with Gasteiger partial charge in [0.05, 0.1) is 0 Å². The lowest BCUT2D eigenvalue weighted by Gasteiger charge is -2.23. The lowest BCUT2D eigenvalue weighted by atomic mass is 9.85. The van der Waals surface area contributed by atoms with Crippen LogP contribution in [0.3, 0.4) is 0 Å². The van der Waals surface area contributed by atoms with E-state index in [2.05, 4.69) is 32.0 Å². The van der Waals surface area contributed by atoms with E-state index in [1.54, 1.807) is 0 Å². The van der Waals surface area contributed by atoms with Crippen molar-refractivity contribution in [3.63, 3.8) is 0 Å². The third kappa shape index (κ3) is 4.02. The summed E-state index contributed by atoms with van der Waals surface area (Å²) in [6, 6.07) is 6.75. The van der Waals surface area contributed by atoms with Gasteiger partial charge in [0.1, 0.15) is 0 Å². The van der Waals surface area contributed by atoms with E-state index in [0.29, 0.717) is 5.38 Å². The molecule has 0 nitrogen and oxygen atoms in total. The standard InChI is InChI=1S/C17H25Cl/c1-13-8-9-16(10-14(13)2)12-17(18)11-15-6-4-3-5-7-15/h8-10,15,17H,3-7,11-12H2,1-2H3.